The van der Waals surface area contributed by atoms with Gasteiger partial charge in [-0.3, -0.25) is 14.1 Å². The van der Waals surface area contributed by atoms with Crippen LogP contribution in [0.4, 0.5) is 0 Å². The monoisotopic (exact) mass is 389 g/mol. The van der Waals surface area contributed by atoms with Crippen molar-refractivity contribution in [3.8, 4) is 5.75 Å². The minimum atomic E-state index is -3.32. The zero-order valence-electron chi connectivity index (χ0n) is 16.7. The number of aromatic nitrogens is 1. The van der Waals surface area contributed by atoms with E-state index in [0.29, 0.717) is 13.0 Å². The summed E-state index contributed by atoms with van der Waals surface area (Å²) >= 11 is 0. The molecule has 0 saturated carbocycles. The summed E-state index contributed by atoms with van der Waals surface area (Å²) in [6, 6.07) is 9.40. The molecule has 1 aliphatic heterocycles. The summed E-state index contributed by atoms with van der Waals surface area (Å²) in [6.45, 7) is 9.89. The van der Waals surface area contributed by atoms with Gasteiger partial charge < -0.3 is 9.63 Å². The van der Waals surface area contributed by atoms with Crippen molar-refractivity contribution in [1.82, 2.24) is 4.98 Å². The molecule has 146 valence electrons. The Morgan fingerprint density at radius 3 is 2.56 bits per heavy atom. The molecule has 0 spiro atoms. The van der Waals surface area contributed by atoms with E-state index in [1.54, 1.807) is 6.07 Å². The number of nitrogens with zero attached hydrogens (tertiary/aromatic N) is 1. The van der Waals surface area contributed by atoms with E-state index in [1.165, 1.54) is 0 Å². The molecule has 2 aromatic rings. The van der Waals surface area contributed by atoms with E-state index in [0.717, 1.165) is 34.5 Å². The molecule has 0 bridgehead atoms. The van der Waals surface area contributed by atoms with Gasteiger partial charge in [0.05, 0.1) is 17.9 Å². The van der Waals surface area contributed by atoms with E-state index < -0.39 is 13.2 Å². The second kappa shape index (κ2) is 7.38. The zero-order chi connectivity index (χ0) is 19.8. The molecule has 2 heterocycles. The second-order valence-corrected chi connectivity index (χ2v) is 10.1. The lowest BCUT2D eigenvalue weighted by Gasteiger charge is -2.25. The third-order valence-electron chi connectivity index (χ3n) is 4.98. The average Bonchev–Trinajstić information content (AvgIpc) is 2.87. The first kappa shape index (κ1) is 20.1. The molecule has 2 atom stereocenters. The molecule has 1 aromatic heterocycles. The molecule has 1 aromatic carbocycles. The summed E-state index contributed by atoms with van der Waals surface area (Å²) in [5.74, 6) is 0.225. The molecule has 2 unspecified atom stereocenters. The quantitative estimate of drug-likeness (QED) is 0.693. The maximum atomic E-state index is 13.6. The summed E-state index contributed by atoms with van der Waals surface area (Å²) in [7, 11) is -3.32. The van der Waals surface area contributed by atoms with Crippen molar-refractivity contribution >= 4 is 7.60 Å². The smallest absolute Gasteiger partial charge is 0.338 e. The van der Waals surface area contributed by atoms with Crippen LogP contribution >= 0.6 is 7.60 Å². The summed E-state index contributed by atoms with van der Waals surface area (Å²) in [4.78, 5) is 4.52. The molecule has 6 heteroatoms. The van der Waals surface area contributed by atoms with Gasteiger partial charge in [-0.2, -0.15) is 0 Å². The first-order valence-electron chi connectivity index (χ1n) is 9.27. The van der Waals surface area contributed by atoms with Crippen LogP contribution in [0, 0.1) is 20.8 Å². The number of aromatic hydroxyl groups is 1. The van der Waals surface area contributed by atoms with Gasteiger partial charge in [-0.05, 0) is 76.3 Å². The predicted octanol–water partition coefficient (Wildman–Crippen LogP) is 5.40. The summed E-state index contributed by atoms with van der Waals surface area (Å²) in [6.07, 6.45) is 1.34. The van der Waals surface area contributed by atoms with Gasteiger partial charge in [-0.25, -0.2) is 0 Å². The fourth-order valence-electron chi connectivity index (χ4n) is 3.46. The predicted molar refractivity (Wildman–Crippen MR) is 106 cm³/mol. The van der Waals surface area contributed by atoms with Crippen molar-refractivity contribution in [2.24, 2.45) is 0 Å². The average molecular weight is 389 g/mol. The molecule has 1 saturated heterocycles. The Morgan fingerprint density at radius 1 is 1.22 bits per heavy atom. The fourth-order valence-corrected chi connectivity index (χ4v) is 6.02. The molecular weight excluding hydrogens is 361 g/mol. The highest BCUT2D eigenvalue weighted by atomic mass is 31.2. The maximum absolute atomic E-state index is 13.6. The Balaban J connectivity index is 1.92. The van der Waals surface area contributed by atoms with Crippen molar-refractivity contribution in [2.75, 3.05) is 6.61 Å². The number of phenolic OH excluding ortho intramolecular Hbond substituents is 1. The number of rotatable bonds is 5. The van der Waals surface area contributed by atoms with Crippen molar-refractivity contribution in [2.45, 2.75) is 58.7 Å². The van der Waals surface area contributed by atoms with Crippen LogP contribution < -0.4 is 0 Å². The SMILES string of the molecule is Cc1ccc(CCC(c2ccc(O)c(C)c2)P2(=O)OCC(C)(C)O2)c(C)n1. The van der Waals surface area contributed by atoms with Crippen LogP contribution in [0.15, 0.2) is 30.3 Å². The Morgan fingerprint density at radius 2 is 1.96 bits per heavy atom. The van der Waals surface area contributed by atoms with Gasteiger partial charge in [-0.1, -0.05) is 18.2 Å². The zero-order valence-corrected chi connectivity index (χ0v) is 17.5. The number of phenols is 1. The van der Waals surface area contributed by atoms with Crippen molar-refractivity contribution in [3.05, 3.63) is 58.4 Å². The van der Waals surface area contributed by atoms with Crippen LogP contribution in [0.1, 0.15) is 54.0 Å². The maximum Gasteiger partial charge on any atom is 0.338 e. The lowest BCUT2D eigenvalue weighted by atomic mass is 10.0. The Bertz CT molecular complexity index is 894. The Labute approximate surface area is 161 Å². The Kier molecular flexibility index (Phi) is 5.49. The summed E-state index contributed by atoms with van der Waals surface area (Å²) < 4.78 is 25.2. The minimum absolute atomic E-state index is 0.225. The van der Waals surface area contributed by atoms with Crippen LogP contribution in [0.25, 0.3) is 0 Å². The summed E-state index contributed by atoms with van der Waals surface area (Å²) in [5, 5.41) is 9.87. The van der Waals surface area contributed by atoms with E-state index in [9.17, 15) is 9.67 Å². The molecule has 1 N–H and O–H groups in total. The molecule has 3 rings (SSSR count). The first-order chi connectivity index (χ1) is 12.6. The molecule has 1 aliphatic rings. The standard InChI is InChI=1S/C21H28NO4P/c1-14-12-18(8-10-19(14)23)20(27(24)25-13-21(4,5)26-27)11-9-17-7-6-15(2)22-16(17)3/h6-8,10,12,20,23H,9,11,13H2,1-5H3. The largest absolute Gasteiger partial charge is 0.508 e. The van der Waals surface area contributed by atoms with E-state index in [1.807, 2.05) is 52.8 Å². The minimum Gasteiger partial charge on any atom is -0.508 e. The molecule has 0 amide bonds. The van der Waals surface area contributed by atoms with Crippen LogP contribution in [-0.4, -0.2) is 22.3 Å². The molecule has 0 radical (unpaired) electrons. The number of hydrogen-bond donors (Lipinski definition) is 1. The fraction of sp³-hybridized carbons (Fsp3) is 0.476. The topological polar surface area (TPSA) is 68.7 Å². The molecule has 27 heavy (non-hydrogen) atoms. The van der Waals surface area contributed by atoms with Crippen LogP contribution in [0.2, 0.25) is 0 Å². The molecular formula is C21H28NO4P. The van der Waals surface area contributed by atoms with Crippen LogP contribution in [0.3, 0.4) is 0 Å². The summed E-state index contributed by atoms with van der Waals surface area (Å²) in [5.41, 5.74) is 3.76. The highest BCUT2D eigenvalue weighted by Crippen LogP contribution is 2.68. The molecule has 0 aliphatic carbocycles. The van der Waals surface area contributed by atoms with E-state index in [4.69, 9.17) is 9.05 Å². The highest BCUT2D eigenvalue weighted by Gasteiger charge is 2.48. The van der Waals surface area contributed by atoms with E-state index in [2.05, 4.69) is 11.1 Å². The lowest BCUT2D eigenvalue weighted by Crippen LogP contribution is -2.20. The van der Waals surface area contributed by atoms with Gasteiger partial charge in [-0.15, -0.1) is 0 Å². The van der Waals surface area contributed by atoms with Crippen molar-refractivity contribution in [1.29, 1.82) is 0 Å². The van der Waals surface area contributed by atoms with Crippen LogP contribution in [0.5, 0.6) is 5.75 Å². The number of pyridine rings is 1. The number of aryl methyl sites for hydroxylation is 4. The van der Waals surface area contributed by atoms with Crippen molar-refractivity contribution < 1.29 is 18.7 Å². The van der Waals surface area contributed by atoms with Gasteiger partial charge in [0.15, 0.2) is 0 Å². The van der Waals surface area contributed by atoms with Gasteiger partial charge >= 0.3 is 7.60 Å². The van der Waals surface area contributed by atoms with Crippen LogP contribution in [-0.2, 0) is 20.0 Å². The normalized spacial score (nSPS) is 22.7. The third-order valence-corrected chi connectivity index (χ3v) is 7.53. The molecule has 1 fully saturated rings. The van der Waals surface area contributed by atoms with Crippen molar-refractivity contribution in [3.63, 3.8) is 0 Å². The van der Waals surface area contributed by atoms with E-state index in [-0.39, 0.29) is 11.4 Å². The second-order valence-electron chi connectivity index (χ2n) is 7.96. The van der Waals surface area contributed by atoms with Gasteiger partial charge in [0.1, 0.15) is 5.75 Å². The molecule has 5 nitrogen and oxygen atoms in total. The van der Waals surface area contributed by atoms with Gasteiger partial charge in [0, 0.05) is 11.4 Å². The third kappa shape index (κ3) is 4.43. The van der Waals surface area contributed by atoms with Gasteiger partial charge in [0.25, 0.3) is 0 Å². The lowest BCUT2D eigenvalue weighted by molar-refractivity contribution is 0.136. The first-order valence-corrected chi connectivity index (χ1v) is 10.9. The van der Waals surface area contributed by atoms with Gasteiger partial charge in [0.2, 0.25) is 0 Å². The van der Waals surface area contributed by atoms with E-state index >= 15 is 0 Å². The highest BCUT2D eigenvalue weighted by molar-refractivity contribution is 7.54. The number of benzene rings is 1. The Hall–Kier alpha value is -1.68. The number of hydrogen-bond acceptors (Lipinski definition) is 5.